The van der Waals surface area contributed by atoms with Crippen molar-refractivity contribution < 1.29 is 0 Å². The van der Waals surface area contributed by atoms with Crippen molar-refractivity contribution in [2.24, 2.45) is 0 Å². The molecule has 114 valence electrons. The summed E-state index contributed by atoms with van der Waals surface area (Å²) in [4.78, 5) is 9.42. The molecule has 2 N–H and O–H groups in total. The van der Waals surface area contributed by atoms with Gasteiger partial charge in [-0.2, -0.15) is 0 Å². The third-order valence-corrected chi connectivity index (χ3v) is 5.04. The van der Waals surface area contributed by atoms with Crippen LogP contribution in [0.15, 0.2) is 18.2 Å². The fourth-order valence-electron chi connectivity index (χ4n) is 2.92. The summed E-state index contributed by atoms with van der Waals surface area (Å²) in [6.45, 7) is 12.5. The van der Waals surface area contributed by atoms with Gasteiger partial charge in [-0.3, -0.25) is 9.80 Å². The summed E-state index contributed by atoms with van der Waals surface area (Å²) in [5.74, 6) is 0. The van der Waals surface area contributed by atoms with E-state index in [4.69, 9.17) is 5.73 Å². The molecule has 5 heteroatoms. The molecule has 0 atom stereocenters. The first kappa shape index (κ1) is 14.8. The molecule has 2 heterocycles. The summed E-state index contributed by atoms with van der Waals surface area (Å²) in [7, 11) is 0. The lowest BCUT2D eigenvalue weighted by atomic mass is 10.0. The molecule has 0 radical (unpaired) electrons. The van der Waals surface area contributed by atoms with Crippen LogP contribution < -0.4 is 5.73 Å². The smallest absolute Gasteiger partial charge is 0.181 e. The van der Waals surface area contributed by atoms with Gasteiger partial charge in [-0.05, 0) is 38.5 Å². The number of anilines is 1. The monoisotopic (exact) mass is 304 g/mol. The molecular weight excluding hydrogens is 280 g/mol. The molecule has 1 aliphatic rings. The molecule has 21 heavy (non-hydrogen) atoms. The van der Waals surface area contributed by atoms with Gasteiger partial charge in [-0.25, -0.2) is 4.98 Å². The summed E-state index contributed by atoms with van der Waals surface area (Å²) in [5, 5.41) is 0.654. The number of nitrogens with zero attached hydrogens (tertiary/aromatic N) is 3. The number of piperazine rings is 1. The Morgan fingerprint density at radius 2 is 1.90 bits per heavy atom. The molecule has 0 unspecified atom stereocenters. The number of thiazole rings is 1. The molecular formula is C16H24N4S. The topological polar surface area (TPSA) is 45.4 Å². The van der Waals surface area contributed by atoms with E-state index in [1.54, 1.807) is 11.3 Å². The minimum atomic E-state index is 0.283. The largest absolute Gasteiger partial charge is 0.375 e. The van der Waals surface area contributed by atoms with Gasteiger partial charge in [-0.1, -0.05) is 17.4 Å². The summed E-state index contributed by atoms with van der Waals surface area (Å²) >= 11 is 1.57. The van der Waals surface area contributed by atoms with Crippen LogP contribution in [0.4, 0.5) is 5.13 Å². The van der Waals surface area contributed by atoms with Gasteiger partial charge in [0.2, 0.25) is 0 Å². The molecule has 1 aromatic heterocycles. The second-order valence-electron chi connectivity index (χ2n) is 6.79. The van der Waals surface area contributed by atoms with Crippen LogP contribution in [0.2, 0.25) is 0 Å². The second kappa shape index (κ2) is 5.55. The Morgan fingerprint density at radius 3 is 2.57 bits per heavy atom. The minimum absolute atomic E-state index is 0.283. The van der Waals surface area contributed by atoms with Crippen LogP contribution >= 0.6 is 11.3 Å². The zero-order valence-corrected chi connectivity index (χ0v) is 13.9. The molecule has 4 nitrogen and oxygen atoms in total. The number of aromatic nitrogens is 1. The van der Waals surface area contributed by atoms with Gasteiger partial charge in [0, 0.05) is 38.3 Å². The van der Waals surface area contributed by atoms with E-state index in [-0.39, 0.29) is 5.54 Å². The lowest BCUT2D eigenvalue weighted by molar-refractivity contribution is 0.0591. The van der Waals surface area contributed by atoms with Gasteiger partial charge >= 0.3 is 0 Å². The fourth-order valence-corrected chi connectivity index (χ4v) is 3.72. The number of benzene rings is 1. The highest BCUT2D eigenvalue weighted by molar-refractivity contribution is 7.22. The van der Waals surface area contributed by atoms with E-state index < -0.39 is 0 Å². The number of nitrogens with two attached hydrogens (primary N) is 1. The zero-order chi connectivity index (χ0) is 15.0. The van der Waals surface area contributed by atoms with E-state index in [2.05, 4.69) is 53.8 Å². The van der Waals surface area contributed by atoms with Gasteiger partial charge in [0.25, 0.3) is 0 Å². The number of hydrogen-bond acceptors (Lipinski definition) is 5. The molecule has 0 saturated carbocycles. The zero-order valence-electron chi connectivity index (χ0n) is 13.1. The van der Waals surface area contributed by atoms with Crippen LogP contribution in [-0.2, 0) is 6.54 Å². The highest BCUT2D eigenvalue weighted by atomic mass is 32.1. The first-order chi connectivity index (χ1) is 9.91. The molecule has 1 aromatic carbocycles. The van der Waals surface area contributed by atoms with Crippen LogP contribution in [0, 0.1) is 0 Å². The minimum Gasteiger partial charge on any atom is -0.375 e. The van der Waals surface area contributed by atoms with Crippen molar-refractivity contribution >= 4 is 26.7 Å². The predicted octanol–water partition coefficient (Wildman–Crippen LogP) is 2.79. The van der Waals surface area contributed by atoms with Crippen molar-refractivity contribution in [1.82, 2.24) is 14.8 Å². The Morgan fingerprint density at radius 1 is 1.19 bits per heavy atom. The summed E-state index contributed by atoms with van der Waals surface area (Å²) in [6.07, 6.45) is 0. The summed E-state index contributed by atoms with van der Waals surface area (Å²) in [5.41, 5.74) is 8.42. The van der Waals surface area contributed by atoms with Crippen LogP contribution in [0.3, 0.4) is 0 Å². The molecule has 0 aliphatic carbocycles. The normalized spacial score (nSPS) is 18.4. The Kier molecular flexibility index (Phi) is 3.90. The van der Waals surface area contributed by atoms with Gasteiger partial charge in [0.15, 0.2) is 5.13 Å². The molecule has 2 aromatic rings. The van der Waals surface area contributed by atoms with Crippen LogP contribution in [0.1, 0.15) is 26.3 Å². The lowest BCUT2D eigenvalue weighted by Gasteiger charge is -2.42. The van der Waals surface area contributed by atoms with Crippen molar-refractivity contribution in [1.29, 1.82) is 0 Å². The average molecular weight is 304 g/mol. The second-order valence-corrected chi connectivity index (χ2v) is 7.85. The van der Waals surface area contributed by atoms with Gasteiger partial charge in [-0.15, -0.1) is 0 Å². The van der Waals surface area contributed by atoms with Gasteiger partial charge in [0.1, 0.15) is 0 Å². The third-order valence-electron chi connectivity index (χ3n) is 4.20. The molecule has 0 spiro atoms. The predicted molar refractivity (Wildman–Crippen MR) is 90.6 cm³/mol. The lowest BCUT2D eigenvalue weighted by Crippen LogP contribution is -2.53. The van der Waals surface area contributed by atoms with Gasteiger partial charge in [0.05, 0.1) is 10.2 Å². The van der Waals surface area contributed by atoms with E-state index in [0.29, 0.717) is 5.13 Å². The van der Waals surface area contributed by atoms with Crippen molar-refractivity contribution in [3.05, 3.63) is 23.8 Å². The first-order valence-corrected chi connectivity index (χ1v) is 8.36. The Balaban J connectivity index is 1.64. The summed E-state index contributed by atoms with van der Waals surface area (Å²) < 4.78 is 1.19. The maximum absolute atomic E-state index is 5.77. The molecule has 3 rings (SSSR count). The summed E-state index contributed by atoms with van der Waals surface area (Å²) in [6, 6.07) is 6.50. The third kappa shape index (κ3) is 3.36. The molecule has 1 saturated heterocycles. The Bertz CT molecular complexity index is 621. The van der Waals surface area contributed by atoms with E-state index in [9.17, 15) is 0 Å². The van der Waals surface area contributed by atoms with Crippen molar-refractivity contribution in [3.63, 3.8) is 0 Å². The molecule has 1 aliphatic heterocycles. The SMILES string of the molecule is CC(C)(C)N1CCN(Cc2ccc3nc(N)sc3c2)CC1. The highest BCUT2D eigenvalue weighted by Gasteiger charge is 2.25. The number of fused-ring (bicyclic) bond motifs is 1. The van der Waals surface area contributed by atoms with E-state index in [1.807, 2.05) is 0 Å². The molecule has 0 amide bonds. The maximum Gasteiger partial charge on any atom is 0.181 e. The first-order valence-electron chi connectivity index (χ1n) is 7.54. The van der Waals surface area contributed by atoms with E-state index in [0.717, 1.165) is 38.2 Å². The van der Waals surface area contributed by atoms with Crippen molar-refractivity contribution in [3.8, 4) is 0 Å². The quantitative estimate of drug-likeness (QED) is 0.926. The van der Waals surface area contributed by atoms with Gasteiger partial charge < -0.3 is 5.73 Å². The molecule has 0 bridgehead atoms. The van der Waals surface area contributed by atoms with E-state index in [1.165, 1.54) is 10.3 Å². The standard InChI is InChI=1S/C16H24N4S/c1-16(2,3)20-8-6-19(7-9-20)11-12-4-5-13-14(10-12)21-15(17)18-13/h4-5,10H,6-9,11H2,1-3H3,(H2,17,18). The molecule has 1 fully saturated rings. The number of rotatable bonds is 2. The number of nitrogen functional groups attached to an aromatic ring is 1. The Labute approximate surface area is 130 Å². The maximum atomic E-state index is 5.77. The number of hydrogen-bond donors (Lipinski definition) is 1. The van der Waals surface area contributed by atoms with Crippen LogP contribution in [0.5, 0.6) is 0 Å². The van der Waals surface area contributed by atoms with Crippen molar-refractivity contribution in [2.45, 2.75) is 32.9 Å². The van der Waals surface area contributed by atoms with Crippen LogP contribution in [-0.4, -0.2) is 46.5 Å². The van der Waals surface area contributed by atoms with Crippen LogP contribution in [0.25, 0.3) is 10.2 Å². The van der Waals surface area contributed by atoms with Crippen molar-refractivity contribution in [2.75, 3.05) is 31.9 Å². The fraction of sp³-hybridized carbons (Fsp3) is 0.562. The Hall–Kier alpha value is -1.17. The highest BCUT2D eigenvalue weighted by Crippen LogP contribution is 2.25. The average Bonchev–Trinajstić information content (AvgIpc) is 2.78. The van der Waals surface area contributed by atoms with E-state index >= 15 is 0 Å².